The Labute approximate surface area is 90.3 Å². The van der Waals surface area contributed by atoms with Gasteiger partial charge < -0.3 is 10.0 Å². The minimum Gasteiger partial charge on any atom is -0.396 e. The Morgan fingerprint density at radius 1 is 1.40 bits per heavy atom. The van der Waals surface area contributed by atoms with Gasteiger partial charge in [-0.25, -0.2) is 4.39 Å². The zero-order valence-electron chi connectivity index (χ0n) is 9.50. The second kappa shape index (κ2) is 4.62. The topological polar surface area (TPSA) is 23.5 Å². The summed E-state index contributed by atoms with van der Waals surface area (Å²) < 4.78 is 13.0. The fourth-order valence-corrected chi connectivity index (χ4v) is 1.48. The molecule has 0 aliphatic heterocycles. The van der Waals surface area contributed by atoms with Crippen molar-refractivity contribution in [3.63, 3.8) is 0 Å². The second-order valence-corrected chi connectivity index (χ2v) is 4.32. The average molecular weight is 211 g/mol. The molecular weight excluding hydrogens is 193 g/mol. The monoisotopic (exact) mass is 211 g/mol. The van der Waals surface area contributed by atoms with Gasteiger partial charge in [0.05, 0.1) is 0 Å². The van der Waals surface area contributed by atoms with Crippen LogP contribution in [-0.4, -0.2) is 24.3 Å². The molecule has 0 amide bonds. The number of aliphatic hydroxyl groups excluding tert-OH is 1. The zero-order chi connectivity index (χ0) is 11.5. The number of anilines is 1. The van der Waals surface area contributed by atoms with E-state index < -0.39 is 0 Å². The van der Waals surface area contributed by atoms with Gasteiger partial charge in [-0.3, -0.25) is 0 Å². The van der Waals surface area contributed by atoms with Crippen LogP contribution < -0.4 is 4.90 Å². The van der Waals surface area contributed by atoms with Crippen molar-refractivity contribution in [1.29, 1.82) is 0 Å². The molecule has 0 spiro atoms. The van der Waals surface area contributed by atoms with Crippen LogP contribution in [0.15, 0.2) is 24.3 Å². The third-order valence-electron chi connectivity index (χ3n) is 2.83. The van der Waals surface area contributed by atoms with Crippen LogP contribution in [0.4, 0.5) is 10.1 Å². The highest BCUT2D eigenvalue weighted by Crippen LogP contribution is 2.24. The SMILES string of the molecule is CN(c1cccc(F)c1)C(C)(C)CCO. The van der Waals surface area contributed by atoms with Crippen molar-refractivity contribution in [3.8, 4) is 0 Å². The molecule has 0 bridgehead atoms. The van der Waals surface area contributed by atoms with Crippen LogP contribution in [0.3, 0.4) is 0 Å². The molecule has 0 atom stereocenters. The van der Waals surface area contributed by atoms with Crippen molar-refractivity contribution in [2.24, 2.45) is 0 Å². The predicted molar refractivity (Wildman–Crippen MR) is 60.6 cm³/mol. The summed E-state index contributed by atoms with van der Waals surface area (Å²) in [5, 5.41) is 8.95. The van der Waals surface area contributed by atoms with E-state index in [9.17, 15) is 4.39 Å². The van der Waals surface area contributed by atoms with Gasteiger partial charge in [0.1, 0.15) is 5.82 Å². The number of hydrogen-bond donors (Lipinski definition) is 1. The maximum absolute atomic E-state index is 13.0. The van der Waals surface area contributed by atoms with Gasteiger partial charge >= 0.3 is 0 Å². The van der Waals surface area contributed by atoms with Crippen molar-refractivity contribution in [2.45, 2.75) is 25.8 Å². The van der Waals surface area contributed by atoms with Gasteiger partial charge in [-0.1, -0.05) is 6.07 Å². The molecule has 0 aliphatic rings. The van der Waals surface area contributed by atoms with E-state index in [1.165, 1.54) is 12.1 Å². The summed E-state index contributed by atoms with van der Waals surface area (Å²) in [6.45, 7) is 4.18. The molecule has 0 saturated heterocycles. The molecule has 0 saturated carbocycles. The summed E-state index contributed by atoms with van der Waals surface area (Å²) in [5.41, 5.74) is 0.649. The van der Waals surface area contributed by atoms with Crippen molar-refractivity contribution in [3.05, 3.63) is 30.1 Å². The maximum atomic E-state index is 13.0. The van der Waals surface area contributed by atoms with E-state index in [-0.39, 0.29) is 18.0 Å². The van der Waals surface area contributed by atoms with Gasteiger partial charge in [-0.15, -0.1) is 0 Å². The molecule has 0 unspecified atom stereocenters. The van der Waals surface area contributed by atoms with E-state index in [0.29, 0.717) is 6.42 Å². The van der Waals surface area contributed by atoms with Gasteiger partial charge in [-0.05, 0) is 38.5 Å². The molecule has 3 heteroatoms. The average Bonchev–Trinajstić information content (AvgIpc) is 2.16. The first-order valence-corrected chi connectivity index (χ1v) is 5.07. The smallest absolute Gasteiger partial charge is 0.125 e. The molecule has 0 aliphatic carbocycles. The summed E-state index contributed by atoms with van der Waals surface area (Å²) in [4.78, 5) is 1.98. The lowest BCUT2D eigenvalue weighted by Gasteiger charge is -2.37. The fraction of sp³-hybridized carbons (Fsp3) is 0.500. The normalized spacial score (nSPS) is 11.5. The number of hydrogen-bond acceptors (Lipinski definition) is 2. The van der Waals surface area contributed by atoms with Crippen LogP contribution in [0.1, 0.15) is 20.3 Å². The van der Waals surface area contributed by atoms with Gasteiger partial charge in [0, 0.05) is 24.9 Å². The molecule has 1 N–H and O–H groups in total. The Morgan fingerprint density at radius 2 is 2.07 bits per heavy atom. The van der Waals surface area contributed by atoms with Crippen molar-refractivity contribution in [2.75, 3.05) is 18.6 Å². The summed E-state index contributed by atoms with van der Waals surface area (Å²) in [7, 11) is 1.91. The molecular formula is C12H18FNO. The lowest BCUT2D eigenvalue weighted by molar-refractivity contribution is 0.250. The van der Waals surface area contributed by atoms with Gasteiger partial charge in [-0.2, -0.15) is 0 Å². The third kappa shape index (κ3) is 2.93. The molecule has 0 heterocycles. The summed E-state index contributed by atoms with van der Waals surface area (Å²) in [6.07, 6.45) is 0.653. The first-order valence-electron chi connectivity index (χ1n) is 5.07. The number of nitrogens with zero attached hydrogens (tertiary/aromatic N) is 1. The standard InChI is InChI=1S/C12H18FNO/c1-12(2,7-8-15)14(3)11-6-4-5-10(13)9-11/h4-6,9,15H,7-8H2,1-3H3. The van der Waals surface area contributed by atoms with E-state index >= 15 is 0 Å². The lowest BCUT2D eigenvalue weighted by atomic mass is 9.98. The molecule has 1 aromatic carbocycles. The van der Waals surface area contributed by atoms with E-state index in [1.807, 2.05) is 31.9 Å². The summed E-state index contributed by atoms with van der Waals surface area (Å²) >= 11 is 0. The molecule has 2 nitrogen and oxygen atoms in total. The molecule has 15 heavy (non-hydrogen) atoms. The number of benzene rings is 1. The highest BCUT2D eigenvalue weighted by Gasteiger charge is 2.23. The lowest BCUT2D eigenvalue weighted by Crippen LogP contribution is -2.42. The molecule has 1 rings (SSSR count). The quantitative estimate of drug-likeness (QED) is 0.826. The molecule has 0 radical (unpaired) electrons. The molecule has 0 aromatic heterocycles. The maximum Gasteiger partial charge on any atom is 0.125 e. The van der Waals surface area contributed by atoms with E-state index in [0.717, 1.165) is 5.69 Å². The summed E-state index contributed by atoms with van der Waals surface area (Å²) in [5.74, 6) is -0.237. The Balaban J connectivity index is 2.88. The van der Waals surface area contributed by atoms with Gasteiger partial charge in [0.2, 0.25) is 0 Å². The predicted octanol–water partition coefficient (Wildman–Crippen LogP) is 2.42. The van der Waals surface area contributed by atoms with Crippen LogP contribution in [0, 0.1) is 5.82 Å². The largest absolute Gasteiger partial charge is 0.396 e. The highest BCUT2D eigenvalue weighted by molar-refractivity contribution is 5.47. The van der Waals surface area contributed by atoms with Crippen molar-refractivity contribution in [1.82, 2.24) is 0 Å². The molecule has 1 aromatic rings. The third-order valence-corrected chi connectivity index (χ3v) is 2.83. The number of halogens is 1. The number of rotatable bonds is 4. The van der Waals surface area contributed by atoms with E-state index in [2.05, 4.69) is 0 Å². The summed E-state index contributed by atoms with van der Waals surface area (Å²) in [6, 6.07) is 6.48. The van der Waals surface area contributed by atoms with Gasteiger partial charge in [0.25, 0.3) is 0 Å². The van der Waals surface area contributed by atoms with Crippen molar-refractivity contribution < 1.29 is 9.50 Å². The molecule has 84 valence electrons. The first-order chi connectivity index (χ1) is 6.97. The van der Waals surface area contributed by atoms with Crippen LogP contribution in [0.25, 0.3) is 0 Å². The first kappa shape index (κ1) is 12.0. The Hall–Kier alpha value is -1.09. The van der Waals surface area contributed by atoms with Crippen molar-refractivity contribution >= 4 is 5.69 Å². The van der Waals surface area contributed by atoms with Crippen LogP contribution in [0.2, 0.25) is 0 Å². The molecule has 0 fully saturated rings. The highest BCUT2D eigenvalue weighted by atomic mass is 19.1. The van der Waals surface area contributed by atoms with Gasteiger partial charge in [0.15, 0.2) is 0 Å². The Kier molecular flexibility index (Phi) is 3.69. The fourth-order valence-electron chi connectivity index (χ4n) is 1.48. The minimum absolute atomic E-state index is 0.132. The Morgan fingerprint density at radius 3 is 2.60 bits per heavy atom. The number of aliphatic hydroxyl groups is 1. The minimum atomic E-state index is -0.237. The van der Waals surface area contributed by atoms with Crippen LogP contribution in [-0.2, 0) is 0 Å². The van der Waals surface area contributed by atoms with Crippen LogP contribution >= 0.6 is 0 Å². The van der Waals surface area contributed by atoms with Crippen LogP contribution in [0.5, 0.6) is 0 Å². The van der Waals surface area contributed by atoms with E-state index in [4.69, 9.17) is 5.11 Å². The zero-order valence-corrected chi connectivity index (χ0v) is 9.50. The van der Waals surface area contributed by atoms with E-state index in [1.54, 1.807) is 6.07 Å². The Bertz CT molecular complexity index is 325. The second-order valence-electron chi connectivity index (χ2n) is 4.32.